The topological polar surface area (TPSA) is 66.5 Å². The Morgan fingerprint density at radius 3 is 2.07 bits per heavy atom. The van der Waals surface area contributed by atoms with Gasteiger partial charge in [0.25, 0.3) is 5.91 Å². The highest BCUT2D eigenvalue weighted by Crippen LogP contribution is 2.23. The number of nitrogens with one attached hydrogen (secondary N) is 1. The number of hydrogen-bond donors (Lipinski definition) is 1. The van der Waals surface area contributed by atoms with Crippen molar-refractivity contribution in [2.24, 2.45) is 0 Å². The summed E-state index contributed by atoms with van der Waals surface area (Å²) in [6.45, 7) is 6.23. The molecule has 2 aromatic carbocycles. The molecular formula is C22H26N2O3S. The van der Waals surface area contributed by atoms with Crippen LogP contribution in [0.2, 0.25) is 0 Å². The highest BCUT2D eigenvalue weighted by Gasteiger charge is 2.16. The van der Waals surface area contributed by atoms with E-state index in [1.807, 2.05) is 12.1 Å². The first-order valence-electron chi connectivity index (χ1n) is 8.91. The molecule has 0 bridgehead atoms. The van der Waals surface area contributed by atoms with Crippen molar-refractivity contribution in [3.63, 3.8) is 0 Å². The number of rotatable bonds is 4. The van der Waals surface area contributed by atoms with Crippen molar-refractivity contribution in [1.29, 1.82) is 0 Å². The normalized spacial score (nSPS) is 11.5. The largest absolute Gasteiger partial charge is 0.345 e. The molecule has 0 unspecified atom stereocenters. The van der Waals surface area contributed by atoms with Crippen LogP contribution in [0.5, 0.6) is 0 Å². The molecule has 2 aromatic rings. The number of benzene rings is 2. The molecule has 0 heterocycles. The lowest BCUT2D eigenvalue weighted by Gasteiger charge is -2.19. The van der Waals surface area contributed by atoms with Crippen LogP contribution in [0.25, 0.3) is 0 Å². The molecule has 0 aromatic heterocycles. The Morgan fingerprint density at radius 2 is 1.57 bits per heavy atom. The molecule has 2 rings (SSSR count). The Hall–Kier alpha value is -2.62. The van der Waals surface area contributed by atoms with Gasteiger partial charge in [-0.25, -0.2) is 8.42 Å². The van der Waals surface area contributed by atoms with Gasteiger partial charge in [-0.3, -0.25) is 4.79 Å². The Balaban J connectivity index is 2.00. The SMILES string of the molecule is CN(C)C(=O)c1ccc(C#CCNS(=O)(=O)c2ccc(C(C)(C)C)cc2)cc1. The van der Waals surface area contributed by atoms with Gasteiger partial charge < -0.3 is 4.90 Å². The van der Waals surface area contributed by atoms with Crippen molar-refractivity contribution in [3.05, 3.63) is 65.2 Å². The van der Waals surface area contributed by atoms with Crippen molar-refractivity contribution in [2.45, 2.75) is 31.1 Å². The first-order chi connectivity index (χ1) is 13.0. The van der Waals surface area contributed by atoms with E-state index in [-0.39, 0.29) is 22.8 Å². The molecule has 1 N–H and O–H groups in total. The lowest BCUT2D eigenvalue weighted by molar-refractivity contribution is 0.0827. The van der Waals surface area contributed by atoms with Crippen LogP contribution in [0.1, 0.15) is 42.3 Å². The minimum atomic E-state index is -3.61. The molecule has 5 nitrogen and oxygen atoms in total. The summed E-state index contributed by atoms with van der Waals surface area (Å²) in [7, 11) is -0.221. The van der Waals surface area contributed by atoms with Gasteiger partial charge in [0.15, 0.2) is 0 Å². The molecule has 0 saturated heterocycles. The standard InChI is InChI=1S/C22H26N2O3S/c1-22(2,3)19-12-14-20(15-13-19)28(26,27)23-16-6-7-17-8-10-18(11-9-17)21(25)24(4)5/h8-15,23H,16H2,1-5H3. The molecule has 0 atom stereocenters. The number of sulfonamides is 1. The van der Waals surface area contributed by atoms with Gasteiger partial charge in [-0.2, -0.15) is 4.72 Å². The summed E-state index contributed by atoms with van der Waals surface area (Å²) < 4.78 is 27.2. The first kappa shape index (κ1) is 21.7. The van der Waals surface area contributed by atoms with E-state index in [9.17, 15) is 13.2 Å². The van der Waals surface area contributed by atoms with Crippen LogP contribution in [0.4, 0.5) is 0 Å². The molecule has 28 heavy (non-hydrogen) atoms. The number of carbonyl (C=O) groups excluding carboxylic acids is 1. The minimum absolute atomic E-state index is 0.00172. The molecule has 0 saturated carbocycles. The summed E-state index contributed by atoms with van der Waals surface area (Å²) in [5, 5.41) is 0. The van der Waals surface area contributed by atoms with Crippen molar-refractivity contribution < 1.29 is 13.2 Å². The van der Waals surface area contributed by atoms with E-state index in [1.165, 1.54) is 4.90 Å². The van der Waals surface area contributed by atoms with Gasteiger partial charge in [-0.15, -0.1) is 0 Å². The predicted molar refractivity (Wildman–Crippen MR) is 112 cm³/mol. The van der Waals surface area contributed by atoms with Gasteiger partial charge >= 0.3 is 0 Å². The van der Waals surface area contributed by atoms with Crippen LogP contribution < -0.4 is 4.72 Å². The molecule has 0 spiro atoms. The molecule has 0 aliphatic heterocycles. The first-order valence-corrected chi connectivity index (χ1v) is 10.4. The maximum atomic E-state index is 12.4. The Labute approximate surface area is 167 Å². The van der Waals surface area contributed by atoms with E-state index in [1.54, 1.807) is 50.5 Å². The summed E-state index contributed by atoms with van der Waals surface area (Å²) in [6.07, 6.45) is 0. The van der Waals surface area contributed by atoms with Crippen LogP contribution in [-0.4, -0.2) is 39.9 Å². The molecule has 6 heteroatoms. The van der Waals surface area contributed by atoms with Gasteiger partial charge in [0.05, 0.1) is 11.4 Å². The van der Waals surface area contributed by atoms with E-state index in [0.29, 0.717) is 11.1 Å². The summed E-state index contributed by atoms with van der Waals surface area (Å²) in [5.41, 5.74) is 2.33. The quantitative estimate of drug-likeness (QED) is 0.805. The fourth-order valence-electron chi connectivity index (χ4n) is 2.45. The highest BCUT2D eigenvalue weighted by molar-refractivity contribution is 7.89. The van der Waals surface area contributed by atoms with Gasteiger partial charge in [-0.05, 0) is 47.4 Å². The second-order valence-corrected chi connectivity index (χ2v) is 9.44. The average molecular weight is 399 g/mol. The molecule has 0 radical (unpaired) electrons. The second-order valence-electron chi connectivity index (χ2n) is 7.68. The monoisotopic (exact) mass is 398 g/mol. The summed E-state index contributed by atoms with van der Waals surface area (Å²) in [4.78, 5) is 13.6. The minimum Gasteiger partial charge on any atom is -0.345 e. The van der Waals surface area contributed by atoms with Crippen LogP contribution >= 0.6 is 0 Å². The summed E-state index contributed by atoms with van der Waals surface area (Å²) >= 11 is 0. The Morgan fingerprint density at radius 1 is 1.00 bits per heavy atom. The van der Waals surface area contributed by atoms with E-state index in [2.05, 4.69) is 37.3 Å². The van der Waals surface area contributed by atoms with Gasteiger partial charge in [0.1, 0.15) is 0 Å². The van der Waals surface area contributed by atoms with Gasteiger partial charge in [0, 0.05) is 25.2 Å². The third-order valence-electron chi connectivity index (χ3n) is 4.15. The van der Waals surface area contributed by atoms with E-state index < -0.39 is 10.0 Å². The second kappa shape index (κ2) is 8.59. The molecule has 1 amide bonds. The predicted octanol–water partition coefficient (Wildman–Crippen LogP) is 3.02. The van der Waals surface area contributed by atoms with Crippen molar-refractivity contribution in [1.82, 2.24) is 9.62 Å². The Kier molecular flexibility index (Phi) is 6.65. The number of carbonyl (C=O) groups is 1. The van der Waals surface area contributed by atoms with Gasteiger partial charge in [0.2, 0.25) is 10.0 Å². The van der Waals surface area contributed by atoms with Crippen molar-refractivity contribution in [3.8, 4) is 11.8 Å². The zero-order valence-corrected chi connectivity index (χ0v) is 17.7. The zero-order valence-electron chi connectivity index (χ0n) is 16.9. The number of amides is 1. The third-order valence-corrected chi connectivity index (χ3v) is 5.57. The molecule has 0 aliphatic carbocycles. The zero-order chi connectivity index (χ0) is 20.9. The molecule has 148 valence electrons. The number of nitrogens with zero attached hydrogens (tertiary/aromatic N) is 1. The molecule has 0 fully saturated rings. The van der Waals surface area contributed by atoms with Crippen molar-refractivity contribution in [2.75, 3.05) is 20.6 Å². The Bertz CT molecular complexity index is 989. The molecular weight excluding hydrogens is 372 g/mol. The highest BCUT2D eigenvalue weighted by atomic mass is 32.2. The van der Waals surface area contributed by atoms with Gasteiger partial charge in [-0.1, -0.05) is 44.7 Å². The maximum absolute atomic E-state index is 12.4. The van der Waals surface area contributed by atoms with E-state index in [4.69, 9.17) is 0 Å². The fraction of sp³-hybridized carbons (Fsp3) is 0.318. The van der Waals surface area contributed by atoms with Crippen LogP contribution in [0.3, 0.4) is 0 Å². The smallest absolute Gasteiger partial charge is 0.253 e. The summed E-state index contributed by atoms with van der Waals surface area (Å²) in [6, 6.07) is 13.8. The summed E-state index contributed by atoms with van der Waals surface area (Å²) in [5.74, 6) is 5.61. The third kappa shape index (κ3) is 5.69. The van der Waals surface area contributed by atoms with E-state index in [0.717, 1.165) is 5.56 Å². The van der Waals surface area contributed by atoms with Crippen LogP contribution in [0, 0.1) is 11.8 Å². The van der Waals surface area contributed by atoms with E-state index >= 15 is 0 Å². The van der Waals surface area contributed by atoms with Crippen molar-refractivity contribution >= 4 is 15.9 Å². The average Bonchev–Trinajstić information content (AvgIpc) is 2.64. The lowest BCUT2D eigenvalue weighted by atomic mass is 9.87. The van der Waals surface area contributed by atoms with Crippen LogP contribution in [-0.2, 0) is 15.4 Å². The lowest BCUT2D eigenvalue weighted by Crippen LogP contribution is -2.24. The fourth-order valence-corrected chi connectivity index (χ4v) is 3.37. The maximum Gasteiger partial charge on any atom is 0.253 e. The molecule has 0 aliphatic rings. The van der Waals surface area contributed by atoms with Crippen LogP contribution in [0.15, 0.2) is 53.4 Å². The number of hydrogen-bond acceptors (Lipinski definition) is 3.